The van der Waals surface area contributed by atoms with Crippen molar-refractivity contribution < 1.29 is 22.7 Å². The first-order chi connectivity index (χ1) is 5.34. The number of ether oxygens (including phenoxy) is 1. The molecule has 3 unspecified atom stereocenters. The van der Waals surface area contributed by atoms with Crippen molar-refractivity contribution in [1.29, 1.82) is 0 Å². The molecule has 12 heavy (non-hydrogen) atoms. The third-order valence-electron chi connectivity index (χ3n) is 1.73. The molecule has 0 aromatic heterocycles. The molecular weight excluding hydrogens is 241 g/mol. The van der Waals surface area contributed by atoms with Crippen LogP contribution in [0.5, 0.6) is 0 Å². The third-order valence-corrected chi connectivity index (χ3v) is 2.67. The van der Waals surface area contributed by atoms with E-state index < -0.39 is 29.0 Å². The highest BCUT2D eigenvalue weighted by Crippen LogP contribution is 2.40. The Morgan fingerprint density at radius 2 is 2.00 bits per heavy atom. The molecule has 0 aliphatic carbocycles. The van der Waals surface area contributed by atoms with Crippen molar-refractivity contribution in [2.24, 2.45) is 5.92 Å². The number of halogens is 4. The first-order valence-electron chi connectivity index (χ1n) is 3.25. The second kappa shape index (κ2) is 2.90. The van der Waals surface area contributed by atoms with Crippen LogP contribution in [0, 0.1) is 5.92 Å². The molecule has 2 nitrogen and oxygen atoms in total. The molecule has 0 radical (unpaired) electrons. The van der Waals surface area contributed by atoms with Gasteiger partial charge in [-0.2, -0.15) is 13.2 Å². The van der Waals surface area contributed by atoms with Crippen molar-refractivity contribution >= 4 is 21.9 Å². The number of carbonyl (C=O) groups excluding carboxylic acids is 1. The summed E-state index contributed by atoms with van der Waals surface area (Å²) in [6, 6.07) is 0. The highest BCUT2D eigenvalue weighted by atomic mass is 79.9. The molecule has 1 aliphatic heterocycles. The lowest BCUT2D eigenvalue weighted by molar-refractivity contribution is -0.182. The second-order valence-corrected chi connectivity index (χ2v) is 3.60. The largest absolute Gasteiger partial charge is 0.461 e. The minimum Gasteiger partial charge on any atom is -0.461 e. The molecule has 0 N–H and O–H groups in total. The van der Waals surface area contributed by atoms with Crippen LogP contribution in [-0.2, 0) is 9.53 Å². The van der Waals surface area contributed by atoms with Gasteiger partial charge in [0.1, 0.15) is 16.8 Å². The zero-order valence-electron chi connectivity index (χ0n) is 6.06. The lowest BCUT2D eigenvalue weighted by Gasteiger charge is -2.17. The molecule has 6 heteroatoms. The van der Waals surface area contributed by atoms with Gasteiger partial charge in [0.25, 0.3) is 0 Å². The molecule has 0 aromatic rings. The van der Waals surface area contributed by atoms with Crippen LogP contribution in [0.2, 0.25) is 0 Å². The molecule has 1 fully saturated rings. The zero-order valence-corrected chi connectivity index (χ0v) is 7.65. The Hall–Kier alpha value is -0.260. The Bertz CT molecular complexity index is 203. The molecular formula is C6H6BrF3O2. The van der Waals surface area contributed by atoms with Crippen molar-refractivity contribution in [3.05, 3.63) is 0 Å². The van der Waals surface area contributed by atoms with Crippen LogP contribution in [0.1, 0.15) is 6.92 Å². The van der Waals surface area contributed by atoms with Crippen LogP contribution < -0.4 is 0 Å². The van der Waals surface area contributed by atoms with Crippen molar-refractivity contribution in [3.8, 4) is 0 Å². The van der Waals surface area contributed by atoms with Crippen LogP contribution in [0.3, 0.4) is 0 Å². The summed E-state index contributed by atoms with van der Waals surface area (Å²) in [5.74, 6) is -2.57. The van der Waals surface area contributed by atoms with Gasteiger partial charge >= 0.3 is 12.1 Å². The SMILES string of the molecule is CC1OC(=O)C(Br)C1C(F)(F)F. The molecule has 1 rings (SSSR count). The van der Waals surface area contributed by atoms with Gasteiger partial charge in [-0.1, -0.05) is 15.9 Å². The van der Waals surface area contributed by atoms with E-state index in [9.17, 15) is 18.0 Å². The van der Waals surface area contributed by atoms with Gasteiger partial charge in [-0.05, 0) is 6.92 Å². The summed E-state index contributed by atoms with van der Waals surface area (Å²) in [7, 11) is 0. The molecule has 1 saturated heterocycles. The number of carbonyl (C=O) groups is 1. The van der Waals surface area contributed by atoms with E-state index in [1.54, 1.807) is 0 Å². The van der Waals surface area contributed by atoms with E-state index in [4.69, 9.17) is 0 Å². The van der Waals surface area contributed by atoms with E-state index in [1.807, 2.05) is 0 Å². The minimum absolute atomic E-state index is 0.843. The monoisotopic (exact) mass is 246 g/mol. The summed E-state index contributed by atoms with van der Waals surface area (Å²) in [5.41, 5.74) is 0. The first kappa shape index (κ1) is 9.83. The van der Waals surface area contributed by atoms with Crippen LogP contribution in [0.4, 0.5) is 13.2 Å². The Morgan fingerprint density at radius 1 is 1.50 bits per heavy atom. The zero-order chi connectivity index (χ0) is 9.52. The summed E-state index contributed by atoms with van der Waals surface area (Å²) >= 11 is 2.65. The maximum atomic E-state index is 12.2. The molecule has 0 spiro atoms. The maximum absolute atomic E-state index is 12.2. The molecule has 1 aliphatic rings. The van der Waals surface area contributed by atoms with Crippen molar-refractivity contribution in [2.75, 3.05) is 0 Å². The fourth-order valence-electron chi connectivity index (χ4n) is 1.14. The number of esters is 1. The highest BCUT2D eigenvalue weighted by molar-refractivity contribution is 9.10. The standard InChI is InChI=1S/C6H6BrF3O2/c1-2-3(6(8,9)10)4(7)5(11)12-2/h2-4H,1H3. The second-order valence-electron chi connectivity index (χ2n) is 2.61. The fourth-order valence-corrected chi connectivity index (χ4v) is 1.98. The van der Waals surface area contributed by atoms with Gasteiger partial charge in [-0.15, -0.1) is 0 Å². The smallest absolute Gasteiger partial charge is 0.397 e. The average Bonchev–Trinajstić information content (AvgIpc) is 2.05. The summed E-state index contributed by atoms with van der Waals surface area (Å²) in [4.78, 5) is 9.42. The minimum atomic E-state index is -4.39. The van der Waals surface area contributed by atoms with Gasteiger partial charge in [0.15, 0.2) is 0 Å². The average molecular weight is 247 g/mol. The lowest BCUT2D eigenvalue weighted by Crippen LogP contribution is -2.34. The first-order valence-corrected chi connectivity index (χ1v) is 4.17. The summed E-state index contributed by atoms with van der Waals surface area (Å²) in [6.07, 6.45) is -5.48. The molecule has 3 atom stereocenters. The number of rotatable bonds is 0. The number of hydrogen-bond acceptors (Lipinski definition) is 2. The predicted octanol–water partition coefficient (Wildman–Crippen LogP) is 1.87. The van der Waals surface area contributed by atoms with E-state index in [1.165, 1.54) is 6.92 Å². The van der Waals surface area contributed by atoms with E-state index in [0.717, 1.165) is 0 Å². The van der Waals surface area contributed by atoms with Gasteiger partial charge < -0.3 is 4.74 Å². The third kappa shape index (κ3) is 1.57. The van der Waals surface area contributed by atoms with Gasteiger partial charge in [-0.3, -0.25) is 4.79 Å². The highest BCUT2D eigenvalue weighted by Gasteiger charge is 2.55. The molecule has 70 valence electrons. The van der Waals surface area contributed by atoms with E-state index in [2.05, 4.69) is 20.7 Å². The predicted molar refractivity (Wildman–Crippen MR) is 37.8 cm³/mol. The maximum Gasteiger partial charge on any atom is 0.397 e. The van der Waals surface area contributed by atoms with Crippen LogP contribution in [0.15, 0.2) is 0 Å². The summed E-state index contributed by atoms with van der Waals surface area (Å²) in [6.45, 7) is 1.23. The van der Waals surface area contributed by atoms with Gasteiger partial charge in [0.05, 0.1) is 0 Å². The van der Waals surface area contributed by atoms with E-state index in [0.29, 0.717) is 0 Å². The van der Waals surface area contributed by atoms with E-state index >= 15 is 0 Å². The van der Waals surface area contributed by atoms with Gasteiger partial charge in [0, 0.05) is 0 Å². The van der Waals surface area contributed by atoms with Crippen LogP contribution in [-0.4, -0.2) is 23.1 Å². The quantitative estimate of drug-likeness (QED) is 0.482. The van der Waals surface area contributed by atoms with Crippen LogP contribution >= 0.6 is 15.9 Å². The van der Waals surface area contributed by atoms with E-state index in [-0.39, 0.29) is 0 Å². The molecule has 0 amide bonds. The number of alkyl halides is 4. The Balaban J connectivity index is 2.84. The fraction of sp³-hybridized carbons (Fsp3) is 0.833. The van der Waals surface area contributed by atoms with Crippen molar-refractivity contribution in [1.82, 2.24) is 0 Å². The topological polar surface area (TPSA) is 26.3 Å². The Labute approximate surface area is 75.2 Å². The normalized spacial score (nSPS) is 36.8. The van der Waals surface area contributed by atoms with Gasteiger partial charge in [-0.25, -0.2) is 0 Å². The molecule has 0 bridgehead atoms. The molecule has 0 aromatic carbocycles. The van der Waals surface area contributed by atoms with Crippen molar-refractivity contribution in [3.63, 3.8) is 0 Å². The number of cyclic esters (lactones) is 1. The Morgan fingerprint density at radius 3 is 2.17 bits per heavy atom. The lowest BCUT2D eigenvalue weighted by atomic mass is 10.0. The van der Waals surface area contributed by atoms with Gasteiger partial charge in [0.2, 0.25) is 0 Å². The number of hydrogen-bond donors (Lipinski definition) is 0. The summed E-state index contributed by atoms with van der Waals surface area (Å²) < 4.78 is 40.9. The van der Waals surface area contributed by atoms with Crippen molar-refractivity contribution in [2.45, 2.75) is 24.0 Å². The summed E-state index contributed by atoms with van der Waals surface area (Å²) in [5, 5.41) is 0. The van der Waals surface area contributed by atoms with Crippen LogP contribution in [0.25, 0.3) is 0 Å². The molecule has 0 saturated carbocycles. The Kier molecular flexibility index (Phi) is 2.38. The molecule has 1 heterocycles.